The Kier molecular flexibility index (Phi) is 5.74. The summed E-state index contributed by atoms with van der Waals surface area (Å²) in [5.41, 5.74) is 0.266. The van der Waals surface area contributed by atoms with E-state index in [1.807, 2.05) is 0 Å². The third-order valence-electron chi connectivity index (χ3n) is 3.19. The van der Waals surface area contributed by atoms with E-state index in [9.17, 15) is 22.8 Å². The lowest BCUT2D eigenvalue weighted by atomic mass is 10.1. The van der Waals surface area contributed by atoms with Crippen molar-refractivity contribution in [2.75, 3.05) is 5.32 Å². The molecule has 0 unspecified atom stereocenters. The molecule has 5 nitrogen and oxygen atoms in total. The quantitative estimate of drug-likeness (QED) is 0.816. The number of halogens is 3. The second-order valence-electron chi connectivity index (χ2n) is 4.99. The number of anilines is 1. The first-order valence-electron chi connectivity index (χ1n) is 7.10. The number of benzene rings is 2. The monoisotopic (exact) mass is 347 g/mol. The van der Waals surface area contributed by atoms with Gasteiger partial charge in [0.05, 0.1) is 11.6 Å². The maximum atomic E-state index is 13.6. The number of nitrogens with zero attached hydrogens (tertiary/aromatic N) is 1. The average Bonchev–Trinajstić information content (AvgIpc) is 2.58. The van der Waals surface area contributed by atoms with E-state index in [0.29, 0.717) is 11.6 Å². The van der Waals surface area contributed by atoms with E-state index in [1.165, 1.54) is 12.1 Å². The van der Waals surface area contributed by atoms with Crippen molar-refractivity contribution in [3.8, 4) is 6.07 Å². The molecule has 2 rings (SSSR count). The van der Waals surface area contributed by atoms with Gasteiger partial charge in [-0.15, -0.1) is 0 Å². The first-order valence-corrected chi connectivity index (χ1v) is 7.10. The molecular formula is C17H12F3N3O2. The number of hydrogen-bond donors (Lipinski definition) is 2. The fourth-order valence-electron chi connectivity index (χ4n) is 1.99. The molecule has 0 aromatic heterocycles. The van der Waals surface area contributed by atoms with Crippen LogP contribution < -0.4 is 10.6 Å². The van der Waals surface area contributed by atoms with Gasteiger partial charge in [-0.25, -0.2) is 13.2 Å². The fourth-order valence-corrected chi connectivity index (χ4v) is 1.99. The molecule has 128 valence electrons. The summed E-state index contributed by atoms with van der Waals surface area (Å²) in [5.74, 6) is -6.06. The van der Waals surface area contributed by atoms with Gasteiger partial charge in [0, 0.05) is 12.2 Å². The molecule has 2 N–H and O–H groups in total. The van der Waals surface area contributed by atoms with Crippen molar-refractivity contribution in [1.29, 1.82) is 5.26 Å². The summed E-state index contributed by atoms with van der Waals surface area (Å²) in [6.07, 6.45) is -0.272. The van der Waals surface area contributed by atoms with Gasteiger partial charge in [0.25, 0.3) is 5.91 Å². The summed E-state index contributed by atoms with van der Waals surface area (Å²) in [6.45, 7) is 0.129. The van der Waals surface area contributed by atoms with E-state index < -0.39 is 34.8 Å². The van der Waals surface area contributed by atoms with E-state index >= 15 is 0 Å². The molecule has 0 aliphatic carbocycles. The summed E-state index contributed by atoms with van der Waals surface area (Å²) in [4.78, 5) is 23.3. The molecule has 0 spiro atoms. The van der Waals surface area contributed by atoms with Gasteiger partial charge in [0.1, 0.15) is 6.42 Å². The van der Waals surface area contributed by atoms with Crippen molar-refractivity contribution in [2.24, 2.45) is 0 Å². The smallest absolute Gasteiger partial charge is 0.258 e. The zero-order valence-electron chi connectivity index (χ0n) is 12.8. The number of carbonyl (C=O) groups is 2. The molecule has 0 bridgehead atoms. The van der Waals surface area contributed by atoms with Crippen LogP contribution in [0.15, 0.2) is 36.4 Å². The Labute approximate surface area is 141 Å². The maximum Gasteiger partial charge on any atom is 0.258 e. The molecule has 0 saturated heterocycles. The van der Waals surface area contributed by atoms with Gasteiger partial charge in [-0.05, 0) is 29.8 Å². The lowest BCUT2D eigenvalue weighted by molar-refractivity contribution is -0.120. The van der Waals surface area contributed by atoms with Crippen LogP contribution in [0.3, 0.4) is 0 Å². The van der Waals surface area contributed by atoms with Crippen LogP contribution in [-0.2, 0) is 11.3 Å². The SMILES string of the molecule is N#CCC(=O)NCc1cccc(NC(=O)c2ccc(F)c(F)c2F)c1. The number of nitriles is 1. The van der Waals surface area contributed by atoms with Crippen LogP contribution in [-0.4, -0.2) is 11.8 Å². The lowest BCUT2D eigenvalue weighted by Crippen LogP contribution is -2.22. The lowest BCUT2D eigenvalue weighted by Gasteiger charge is -2.09. The van der Waals surface area contributed by atoms with Crippen LogP contribution >= 0.6 is 0 Å². The molecule has 2 aromatic carbocycles. The predicted octanol–water partition coefficient (Wildman–Crippen LogP) is 2.89. The first kappa shape index (κ1) is 18.0. The highest BCUT2D eigenvalue weighted by atomic mass is 19.2. The molecule has 0 aliphatic heterocycles. The highest BCUT2D eigenvalue weighted by Gasteiger charge is 2.18. The summed E-state index contributed by atoms with van der Waals surface area (Å²) in [5, 5.41) is 13.3. The summed E-state index contributed by atoms with van der Waals surface area (Å²) >= 11 is 0. The molecule has 0 aliphatic rings. The molecule has 8 heteroatoms. The van der Waals surface area contributed by atoms with E-state index in [0.717, 1.165) is 6.07 Å². The highest BCUT2D eigenvalue weighted by Crippen LogP contribution is 2.17. The number of carbonyl (C=O) groups excluding carboxylic acids is 2. The fraction of sp³-hybridized carbons (Fsp3) is 0.118. The Balaban J connectivity index is 2.09. The van der Waals surface area contributed by atoms with Crippen molar-refractivity contribution in [1.82, 2.24) is 5.32 Å². The van der Waals surface area contributed by atoms with Gasteiger partial charge in [-0.2, -0.15) is 5.26 Å². The van der Waals surface area contributed by atoms with Gasteiger partial charge in [0.2, 0.25) is 5.91 Å². The normalized spacial score (nSPS) is 10.0. The van der Waals surface area contributed by atoms with E-state index in [2.05, 4.69) is 10.6 Å². The van der Waals surface area contributed by atoms with Crippen LogP contribution in [0, 0.1) is 28.8 Å². The van der Waals surface area contributed by atoms with Crippen molar-refractivity contribution < 1.29 is 22.8 Å². The zero-order valence-corrected chi connectivity index (χ0v) is 12.8. The Hall–Kier alpha value is -3.34. The molecule has 0 atom stereocenters. The third-order valence-corrected chi connectivity index (χ3v) is 3.19. The summed E-state index contributed by atoms with van der Waals surface area (Å²) in [7, 11) is 0. The van der Waals surface area contributed by atoms with Crippen molar-refractivity contribution in [3.05, 3.63) is 65.0 Å². The molecule has 0 saturated carbocycles. The van der Waals surface area contributed by atoms with E-state index in [4.69, 9.17) is 5.26 Å². The summed E-state index contributed by atoms with van der Waals surface area (Å²) in [6, 6.07) is 9.49. The summed E-state index contributed by atoms with van der Waals surface area (Å²) < 4.78 is 39.7. The van der Waals surface area contributed by atoms with Gasteiger partial charge in [0.15, 0.2) is 17.5 Å². The molecule has 0 heterocycles. The molecule has 25 heavy (non-hydrogen) atoms. The second kappa shape index (κ2) is 7.97. The Morgan fingerprint density at radius 3 is 2.56 bits per heavy atom. The van der Waals surface area contributed by atoms with Gasteiger partial charge in [-0.1, -0.05) is 12.1 Å². The van der Waals surface area contributed by atoms with Crippen LogP contribution in [0.1, 0.15) is 22.3 Å². The van der Waals surface area contributed by atoms with Gasteiger partial charge < -0.3 is 10.6 Å². The average molecular weight is 347 g/mol. The third kappa shape index (κ3) is 4.57. The number of rotatable bonds is 5. The molecule has 2 aromatic rings. The largest absolute Gasteiger partial charge is 0.351 e. The van der Waals surface area contributed by atoms with E-state index in [-0.39, 0.29) is 18.7 Å². The number of hydrogen-bond acceptors (Lipinski definition) is 3. The zero-order chi connectivity index (χ0) is 18.4. The van der Waals surface area contributed by atoms with Crippen molar-refractivity contribution in [2.45, 2.75) is 13.0 Å². The molecular weight excluding hydrogens is 335 g/mol. The predicted molar refractivity (Wildman–Crippen MR) is 82.8 cm³/mol. The van der Waals surface area contributed by atoms with Gasteiger partial charge >= 0.3 is 0 Å². The Morgan fingerprint density at radius 1 is 1.08 bits per heavy atom. The minimum Gasteiger partial charge on any atom is -0.351 e. The number of nitrogens with one attached hydrogen (secondary N) is 2. The van der Waals surface area contributed by atoms with Crippen LogP contribution in [0.4, 0.5) is 18.9 Å². The topological polar surface area (TPSA) is 82.0 Å². The molecule has 0 fully saturated rings. The van der Waals surface area contributed by atoms with Crippen molar-refractivity contribution >= 4 is 17.5 Å². The van der Waals surface area contributed by atoms with Crippen LogP contribution in [0.25, 0.3) is 0 Å². The molecule has 2 amide bonds. The van der Waals surface area contributed by atoms with E-state index in [1.54, 1.807) is 18.2 Å². The maximum absolute atomic E-state index is 13.6. The second-order valence-corrected chi connectivity index (χ2v) is 4.99. The minimum atomic E-state index is -1.72. The Bertz CT molecular complexity index is 863. The van der Waals surface area contributed by atoms with Crippen LogP contribution in [0.2, 0.25) is 0 Å². The highest BCUT2D eigenvalue weighted by molar-refractivity contribution is 6.04. The van der Waals surface area contributed by atoms with Gasteiger partial charge in [-0.3, -0.25) is 9.59 Å². The van der Waals surface area contributed by atoms with Crippen LogP contribution in [0.5, 0.6) is 0 Å². The van der Waals surface area contributed by atoms with Crippen molar-refractivity contribution in [3.63, 3.8) is 0 Å². The minimum absolute atomic E-state index is 0.129. The standard InChI is InChI=1S/C17H12F3N3O2/c18-13-5-4-12(15(19)16(13)20)17(25)23-11-3-1-2-10(8-11)9-22-14(24)6-7-21/h1-5,8H,6,9H2,(H,22,24)(H,23,25). The Morgan fingerprint density at radius 2 is 1.84 bits per heavy atom. The number of amides is 2. The first-order chi connectivity index (χ1) is 11.9. The molecule has 0 radical (unpaired) electrons.